The van der Waals surface area contributed by atoms with Crippen molar-refractivity contribution < 1.29 is 0 Å². The average molecular weight is 229 g/mol. The van der Waals surface area contributed by atoms with Crippen LogP contribution in [0.15, 0.2) is 36.0 Å². The third-order valence-corrected chi connectivity index (χ3v) is 2.78. The molecule has 2 rings (SSSR count). The summed E-state index contributed by atoms with van der Waals surface area (Å²) in [6.45, 7) is 8.04. The van der Waals surface area contributed by atoms with Crippen LogP contribution in [0.5, 0.6) is 0 Å². The van der Waals surface area contributed by atoms with Crippen LogP contribution in [0.25, 0.3) is 5.65 Å². The van der Waals surface area contributed by atoms with Crippen molar-refractivity contribution in [3.63, 3.8) is 0 Å². The van der Waals surface area contributed by atoms with Crippen molar-refractivity contribution >= 4 is 5.65 Å². The number of aromatic nitrogens is 2. The SMILES string of the molecule is CC(C)=CCNCc1c(C)nc2ccccn12. The molecule has 0 amide bonds. The van der Waals surface area contributed by atoms with E-state index in [1.165, 1.54) is 11.3 Å². The molecule has 2 aromatic rings. The zero-order valence-electron chi connectivity index (χ0n) is 10.7. The highest BCUT2D eigenvalue weighted by atomic mass is 15.0. The summed E-state index contributed by atoms with van der Waals surface area (Å²) < 4.78 is 2.14. The van der Waals surface area contributed by atoms with E-state index in [9.17, 15) is 0 Å². The highest BCUT2D eigenvalue weighted by Crippen LogP contribution is 2.11. The number of nitrogens with one attached hydrogen (secondary N) is 1. The lowest BCUT2D eigenvalue weighted by Gasteiger charge is -2.04. The number of fused-ring (bicyclic) bond motifs is 1. The van der Waals surface area contributed by atoms with Gasteiger partial charge >= 0.3 is 0 Å². The van der Waals surface area contributed by atoms with E-state index >= 15 is 0 Å². The van der Waals surface area contributed by atoms with Gasteiger partial charge in [-0.3, -0.25) is 0 Å². The van der Waals surface area contributed by atoms with Gasteiger partial charge < -0.3 is 9.72 Å². The summed E-state index contributed by atoms with van der Waals surface area (Å²) in [6, 6.07) is 6.09. The van der Waals surface area contributed by atoms with Crippen LogP contribution in [-0.4, -0.2) is 15.9 Å². The van der Waals surface area contributed by atoms with Crippen LogP contribution in [0.4, 0.5) is 0 Å². The molecule has 0 bridgehead atoms. The summed E-state index contributed by atoms with van der Waals surface area (Å²) in [5, 5.41) is 3.41. The number of nitrogens with zero attached hydrogens (tertiary/aromatic N) is 2. The lowest BCUT2D eigenvalue weighted by Crippen LogP contribution is -2.15. The zero-order chi connectivity index (χ0) is 12.3. The van der Waals surface area contributed by atoms with Gasteiger partial charge in [0.25, 0.3) is 0 Å². The Balaban J connectivity index is 2.13. The second kappa shape index (κ2) is 5.15. The largest absolute Gasteiger partial charge is 0.308 e. The first-order chi connectivity index (χ1) is 8.18. The first-order valence-electron chi connectivity index (χ1n) is 5.95. The molecule has 0 aromatic carbocycles. The lowest BCUT2D eigenvalue weighted by atomic mass is 10.3. The van der Waals surface area contributed by atoms with Crippen molar-refractivity contribution in [1.29, 1.82) is 0 Å². The van der Waals surface area contributed by atoms with Crippen LogP contribution in [-0.2, 0) is 6.54 Å². The Morgan fingerprint density at radius 3 is 3.00 bits per heavy atom. The second-order valence-corrected chi connectivity index (χ2v) is 4.49. The van der Waals surface area contributed by atoms with Crippen LogP contribution in [0.2, 0.25) is 0 Å². The van der Waals surface area contributed by atoms with Crippen molar-refractivity contribution in [1.82, 2.24) is 14.7 Å². The first kappa shape index (κ1) is 11.9. The maximum absolute atomic E-state index is 4.53. The highest BCUT2D eigenvalue weighted by Gasteiger charge is 2.06. The number of pyridine rings is 1. The summed E-state index contributed by atoms with van der Waals surface area (Å²) in [4.78, 5) is 4.53. The Morgan fingerprint density at radius 1 is 1.41 bits per heavy atom. The summed E-state index contributed by atoms with van der Waals surface area (Å²) in [6.07, 6.45) is 4.26. The minimum Gasteiger partial charge on any atom is -0.308 e. The van der Waals surface area contributed by atoms with Crippen molar-refractivity contribution in [3.05, 3.63) is 47.4 Å². The van der Waals surface area contributed by atoms with Gasteiger partial charge in [-0.1, -0.05) is 17.7 Å². The van der Waals surface area contributed by atoms with Crippen molar-refractivity contribution in [2.24, 2.45) is 0 Å². The minimum atomic E-state index is 0.848. The van der Waals surface area contributed by atoms with Gasteiger partial charge in [0.15, 0.2) is 0 Å². The second-order valence-electron chi connectivity index (χ2n) is 4.49. The lowest BCUT2D eigenvalue weighted by molar-refractivity contribution is 0.727. The molecule has 2 aromatic heterocycles. The molecule has 17 heavy (non-hydrogen) atoms. The zero-order valence-corrected chi connectivity index (χ0v) is 10.7. The van der Waals surface area contributed by atoms with E-state index in [0.29, 0.717) is 0 Å². The monoisotopic (exact) mass is 229 g/mol. The summed E-state index contributed by atoms with van der Waals surface area (Å²) >= 11 is 0. The molecular formula is C14H19N3. The van der Waals surface area contributed by atoms with Gasteiger partial charge in [0, 0.05) is 19.3 Å². The maximum Gasteiger partial charge on any atom is 0.137 e. The third-order valence-electron chi connectivity index (χ3n) is 2.78. The van der Waals surface area contributed by atoms with E-state index in [0.717, 1.165) is 24.4 Å². The molecule has 0 radical (unpaired) electrons. The quantitative estimate of drug-likeness (QED) is 0.645. The van der Waals surface area contributed by atoms with E-state index < -0.39 is 0 Å². The summed E-state index contributed by atoms with van der Waals surface area (Å²) in [5.74, 6) is 0. The van der Waals surface area contributed by atoms with E-state index in [-0.39, 0.29) is 0 Å². The standard InChI is InChI=1S/C14H19N3/c1-11(2)7-8-15-10-13-12(3)16-14-6-4-5-9-17(13)14/h4-7,9,15H,8,10H2,1-3H3. The molecule has 0 aliphatic rings. The molecule has 0 aliphatic heterocycles. The summed E-state index contributed by atoms with van der Waals surface area (Å²) in [7, 11) is 0. The molecule has 2 heterocycles. The molecule has 1 N–H and O–H groups in total. The van der Waals surface area contributed by atoms with Crippen LogP contribution in [0.1, 0.15) is 25.2 Å². The molecule has 0 saturated carbocycles. The van der Waals surface area contributed by atoms with Gasteiger partial charge in [-0.15, -0.1) is 0 Å². The van der Waals surface area contributed by atoms with Crippen molar-refractivity contribution in [2.45, 2.75) is 27.3 Å². The van der Waals surface area contributed by atoms with Gasteiger partial charge in [0.05, 0.1) is 11.4 Å². The molecule has 3 nitrogen and oxygen atoms in total. The normalized spacial score (nSPS) is 10.8. The Kier molecular flexibility index (Phi) is 3.59. The fourth-order valence-electron chi connectivity index (χ4n) is 1.84. The Hall–Kier alpha value is -1.61. The van der Waals surface area contributed by atoms with E-state index in [2.05, 4.69) is 47.7 Å². The Labute approximate surface area is 102 Å². The number of imidazole rings is 1. The fraction of sp³-hybridized carbons (Fsp3) is 0.357. The molecule has 90 valence electrons. The molecule has 0 saturated heterocycles. The smallest absolute Gasteiger partial charge is 0.137 e. The molecule has 0 atom stereocenters. The Bertz CT molecular complexity index is 533. The maximum atomic E-state index is 4.53. The summed E-state index contributed by atoms with van der Waals surface area (Å²) in [5.41, 5.74) is 4.69. The van der Waals surface area contributed by atoms with E-state index in [1.54, 1.807) is 0 Å². The third kappa shape index (κ3) is 2.74. The molecule has 0 unspecified atom stereocenters. The van der Waals surface area contributed by atoms with Crippen LogP contribution in [0.3, 0.4) is 0 Å². The topological polar surface area (TPSA) is 29.3 Å². The van der Waals surface area contributed by atoms with Gasteiger partial charge in [0.1, 0.15) is 5.65 Å². The highest BCUT2D eigenvalue weighted by molar-refractivity contribution is 5.42. The minimum absolute atomic E-state index is 0.848. The van der Waals surface area contributed by atoms with Crippen LogP contribution >= 0.6 is 0 Å². The van der Waals surface area contributed by atoms with Gasteiger partial charge in [-0.2, -0.15) is 0 Å². The number of rotatable bonds is 4. The number of aryl methyl sites for hydroxylation is 1. The molecule has 0 aliphatic carbocycles. The molecule has 0 spiro atoms. The molecule has 0 fully saturated rings. The number of allylic oxidation sites excluding steroid dienone is 1. The van der Waals surface area contributed by atoms with Gasteiger partial charge in [0.2, 0.25) is 0 Å². The van der Waals surface area contributed by atoms with Crippen LogP contribution in [0, 0.1) is 6.92 Å². The van der Waals surface area contributed by atoms with E-state index in [4.69, 9.17) is 0 Å². The molecular weight excluding hydrogens is 210 g/mol. The average Bonchev–Trinajstić information content (AvgIpc) is 2.60. The predicted octanol–water partition coefficient (Wildman–Crippen LogP) is 2.70. The Morgan fingerprint density at radius 2 is 2.24 bits per heavy atom. The molecule has 3 heteroatoms. The predicted molar refractivity (Wildman–Crippen MR) is 71.1 cm³/mol. The van der Waals surface area contributed by atoms with Crippen molar-refractivity contribution in [2.75, 3.05) is 6.54 Å². The van der Waals surface area contributed by atoms with Gasteiger partial charge in [-0.25, -0.2) is 4.98 Å². The van der Waals surface area contributed by atoms with Gasteiger partial charge in [-0.05, 0) is 32.9 Å². The van der Waals surface area contributed by atoms with E-state index in [1.807, 2.05) is 18.2 Å². The fourth-order valence-corrected chi connectivity index (χ4v) is 1.84. The number of hydrogen-bond acceptors (Lipinski definition) is 2. The number of hydrogen-bond donors (Lipinski definition) is 1. The first-order valence-corrected chi connectivity index (χ1v) is 5.95. The van der Waals surface area contributed by atoms with Crippen LogP contribution < -0.4 is 5.32 Å². The van der Waals surface area contributed by atoms with Crippen molar-refractivity contribution in [3.8, 4) is 0 Å².